The topological polar surface area (TPSA) is 12.5 Å². The summed E-state index contributed by atoms with van der Waals surface area (Å²) in [4.78, 5) is 2.26. The molecule has 0 aromatic heterocycles. The Morgan fingerprint density at radius 1 is 1.05 bits per heavy atom. The van der Waals surface area contributed by atoms with Crippen LogP contribution in [0.3, 0.4) is 0 Å². The Morgan fingerprint density at radius 2 is 1.71 bits per heavy atom. The summed E-state index contributed by atoms with van der Waals surface area (Å²) in [6.07, 6.45) is -0.00250. The molecular weight excluding hydrogens is 258 g/mol. The lowest BCUT2D eigenvalue weighted by molar-refractivity contribution is 0.214. The Morgan fingerprint density at radius 3 is 2.33 bits per heavy atom. The first-order chi connectivity index (χ1) is 10.0. The van der Waals surface area contributed by atoms with Crippen LogP contribution in [0.5, 0.6) is 5.75 Å². The van der Waals surface area contributed by atoms with Crippen LogP contribution in [0.15, 0.2) is 42.5 Å². The van der Waals surface area contributed by atoms with Crippen LogP contribution < -0.4 is 9.64 Å². The van der Waals surface area contributed by atoms with E-state index in [1.54, 1.807) is 0 Å². The maximum atomic E-state index is 6.24. The van der Waals surface area contributed by atoms with Crippen molar-refractivity contribution in [3.05, 3.63) is 59.2 Å². The molecule has 2 aromatic rings. The van der Waals surface area contributed by atoms with E-state index in [9.17, 15) is 0 Å². The van der Waals surface area contributed by atoms with Gasteiger partial charge in [-0.05, 0) is 69.5 Å². The van der Waals surface area contributed by atoms with E-state index in [4.69, 9.17) is 4.74 Å². The van der Waals surface area contributed by atoms with E-state index in [0.717, 1.165) is 12.3 Å². The van der Waals surface area contributed by atoms with Crippen LogP contribution in [0.2, 0.25) is 0 Å². The smallest absolute Gasteiger partial charge is 0.169 e. The van der Waals surface area contributed by atoms with Gasteiger partial charge in [-0.15, -0.1) is 0 Å². The van der Waals surface area contributed by atoms with Gasteiger partial charge in [0.2, 0.25) is 0 Å². The minimum Gasteiger partial charge on any atom is -0.471 e. The number of hydrogen-bond acceptors (Lipinski definition) is 2. The highest BCUT2D eigenvalue weighted by molar-refractivity contribution is 5.47. The van der Waals surface area contributed by atoms with E-state index >= 15 is 0 Å². The lowest BCUT2D eigenvalue weighted by Gasteiger charge is -2.31. The lowest BCUT2D eigenvalue weighted by Crippen LogP contribution is -2.37. The van der Waals surface area contributed by atoms with Gasteiger partial charge >= 0.3 is 0 Å². The minimum absolute atomic E-state index is 0.00250. The molecule has 2 aromatic carbocycles. The van der Waals surface area contributed by atoms with Gasteiger partial charge in [0.1, 0.15) is 5.75 Å². The summed E-state index contributed by atoms with van der Waals surface area (Å²) in [6, 6.07) is 14.7. The number of ether oxygens (including phenoxy) is 1. The molecule has 0 aliphatic rings. The van der Waals surface area contributed by atoms with Crippen LogP contribution in [0.4, 0.5) is 5.69 Å². The zero-order valence-corrected chi connectivity index (χ0v) is 13.7. The third-order valence-corrected chi connectivity index (χ3v) is 3.93. The molecule has 0 bridgehead atoms. The molecular formula is C19H25NO. The molecule has 112 valence electrons. The molecule has 0 heterocycles. The van der Waals surface area contributed by atoms with Crippen molar-refractivity contribution >= 4 is 5.69 Å². The summed E-state index contributed by atoms with van der Waals surface area (Å²) >= 11 is 0. The Bertz CT molecular complexity index is 592. The predicted octanol–water partition coefficient (Wildman–Crippen LogP) is 4.86. The first-order valence-electron chi connectivity index (χ1n) is 7.59. The second-order valence-electron chi connectivity index (χ2n) is 5.54. The molecule has 2 nitrogen and oxygen atoms in total. The normalized spacial score (nSPS) is 12.0. The fraction of sp³-hybridized carbons (Fsp3) is 0.368. The molecule has 0 aliphatic heterocycles. The third-order valence-electron chi connectivity index (χ3n) is 3.93. The average molecular weight is 283 g/mol. The summed E-state index contributed by atoms with van der Waals surface area (Å²) in [6.45, 7) is 11.5. The fourth-order valence-electron chi connectivity index (χ4n) is 2.64. The summed E-state index contributed by atoms with van der Waals surface area (Å²) in [5.74, 6) is 0.981. The van der Waals surface area contributed by atoms with Gasteiger partial charge in [-0.25, -0.2) is 0 Å². The summed E-state index contributed by atoms with van der Waals surface area (Å²) in [7, 11) is 0. The standard InChI is InChI=1S/C19H25NO/c1-6-20(18-10-8-7-9-11-18)17(5)21-19-13-14(2)12-15(3)16(19)4/h7-13,17H,6H2,1-5H3. The number of hydrogen-bond donors (Lipinski definition) is 0. The van der Waals surface area contributed by atoms with Gasteiger partial charge in [0.25, 0.3) is 0 Å². The second-order valence-corrected chi connectivity index (χ2v) is 5.54. The van der Waals surface area contributed by atoms with Gasteiger partial charge in [-0.2, -0.15) is 0 Å². The highest BCUT2D eigenvalue weighted by Crippen LogP contribution is 2.26. The monoisotopic (exact) mass is 283 g/mol. The van der Waals surface area contributed by atoms with E-state index < -0.39 is 0 Å². The van der Waals surface area contributed by atoms with Crippen LogP contribution in [0.25, 0.3) is 0 Å². The van der Waals surface area contributed by atoms with Gasteiger partial charge in [0, 0.05) is 12.2 Å². The number of para-hydroxylation sites is 1. The Balaban J connectivity index is 2.22. The molecule has 2 rings (SSSR count). The molecule has 0 N–H and O–H groups in total. The summed E-state index contributed by atoms with van der Waals surface area (Å²) in [5, 5.41) is 0. The Kier molecular flexibility index (Phi) is 4.89. The van der Waals surface area contributed by atoms with Gasteiger partial charge in [0.05, 0.1) is 0 Å². The maximum Gasteiger partial charge on any atom is 0.169 e. The molecule has 1 unspecified atom stereocenters. The van der Waals surface area contributed by atoms with Crippen LogP contribution in [0, 0.1) is 20.8 Å². The predicted molar refractivity (Wildman–Crippen MR) is 90.2 cm³/mol. The average Bonchev–Trinajstić information content (AvgIpc) is 2.46. The molecule has 0 aliphatic carbocycles. The highest BCUT2D eigenvalue weighted by atomic mass is 16.5. The summed E-state index contributed by atoms with van der Waals surface area (Å²) < 4.78 is 6.24. The number of aryl methyl sites for hydroxylation is 2. The molecule has 0 spiro atoms. The SMILES string of the molecule is CCN(c1ccccc1)C(C)Oc1cc(C)cc(C)c1C. The molecule has 0 amide bonds. The van der Waals surface area contributed by atoms with Crippen molar-refractivity contribution < 1.29 is 4.74 Å². The molecule has 21 heavy (non-hydrogen) atoms. The zero-order chi connectivity index (χ0) is 15.4. The number of nitrogens with zero attached hydrogens (tertiary/aromatic N) is 1. The highest BCUT2D eigenvalue weighted by Gasteiger charge is 2.15. The van der Waals surface area contributed by atoms with E-state index in [2.05, 4.69) is 75.9 Å². The van der Waals surface area contributed by atoms with E-state index in [1.807, 2.05) is 6.07 Å². The minimum atomic E-state index is -0.00250. The Labute approximate surface area is 128 Å². The molecule has 0 radical (unpaired) electrons. The zero-order valence-electron chi connectivity index (χ0n) is 13.7. The molecule has 0 fully saturated rings. The second kappa shape index (κ2) is 6.66. The Hall–Kier alpha value is -1.96. The van der Waals surface area contributed by atoms with E-state index in [-0.39, 0.29) is 6.23 Å². The first-order valence-corrected chi connectivity index (χ1v) is 7.59. The lowest BCUT2D eigenvalue weighted by atomic mass is 10.1. The number of rotatable bonds is 5. The third kappa shape index (κ3) is 3.57. The van der Waals surface area contributed by atoms with Crippen LogP contribution in [-0.4, -0.2) is 12.8 Å². The van der Waals surface area contributed by atoms with Crippen molar-refractivity contribution in [2.75, 3.05) is 11.4 Å². The largest absolute Gasteiger partial charge is 0.471 e. The van der Waals surface area contributed by atoms with Crippen molar-refractivity contribution in [1.82, 2.24) is 0 Å². The molecule has 0 saturated heterocycles. The van der Waals surface area contributed by atoms with Crippen LogP contribution in [0.1, 0.15) is 30.5 Å². The maximum absolute atomic E-state index is 6.24. The quantitative estimate of drug-likeness (QED) is 0.726. The van der Waals surface area contributed by atoms with Crippen molar-refractivity contribution in [3.63, 3.8) is 0 Å². The summed E-state index contributed by atoms with van der Waals surface area (Å²) in [5.41, 5.74) is 4.93. The molecule has 0 saturated carbocycles. The van der Waals surface area contributed by atoms with Crippen molar-refractivity contribution in [2.45, 2.75) is 40.8 Å². The van der Waals surface area contributed by atoms with Crippen molar-refractivity contribution in [2.24, 2.45) is 0 Å². The van der Waals surface area contributed by atoms with E-state index in [1.165, 1.54) is 22.4 Å². The molecule has 2 heteroatoms. The van der Waals surface area contributed by atoms with Crippen molar-refractivity contribution in [3.8, 4) is 5.75 Å². The number of anilines is 1. The molecule has 1 atom stereocenters. The van der Waals surface area contributed by atoms with Gasteiger partial charge in [0.15, 0.2) is 6.23 Å². The van der Waals surface area contributed by atoms with Gasteiger partial charge in [-0.3, -0.25) is 0 Å². The number of benzene rings is 2. The fourth-order valence-corrected chi connectivity index (χ4v) is 2.64. The van der Waals surface area contributed by atoms with Gasteiger partial charge < -0.3 is 9.64 Å². The first kappa shape index (κ1) is 15.4. The van der Waals surface area contributed by atoms with Crippen LogP contribution >= 0.6 is 0 Å². The van der Waals surface area contributed by atoms with Gasteiger partial charge in [-0.1, -0.05) is 24.3 Å². The van der Waals surface area contributed by atoms with E-state index in [0.29, 0.717) is 0 Å². The van der Waals surface area contributed by atoms with Crippen LogP contribution in [-0.2, 0) is 0 Å². The van der Waals surface area contributed by atoms with Crippen molar-refractivity contribution in [1.29, 1.82) is 0 Å².